The average molecular weight is 290 g/mol. The van der Waals surface area contributed by atoms with Gasteiger partial charge >= 0.3 is 0 Å². The second kappa shape index (κ2) is 5.34. The number of amides is 1. The molecule has 1 amide bonds. The first kappa shape index (κ1) is 14.1. The third-order valence-corrected chi connectivity index (χ3v) is 4.54. The maximum Gasteiger partial charge on any atom is 0.248 e. The standard InChI is InChI=1S/C14H14N2O3S/c15-12-5-7-13(8-6-12)20(18,19)9-10-1-3-11(4-2-10)14(16)17/h1-8H,9,15H2,(H2,16,17). The Labute approximate surface area is 117 Å². The quantitative estimate of drug-likeness (QED) is 0.829. The number of nitrogens with two attached hydrogens (primary N) is 2. The lowest BCUT2D eigenvalue weighted by Crippen LogP contribution is -2.11. The maximum atomic E-state index is 12.2. The highest BCUT2D eigenvalue weighted by atomic mass is 32.2. The van der Waals surface area contributed by atoms with Gasteiger partial charge < -0.3 is 11.5 Å². The number of benzene rings is 2. The molecule has 2 aromatic rings. The first-order chi connectivity index (χ1) is 9.38. The highest BCUT2D eigenvalue weighted by molar-refractivity contribution is 7.90. The van der Waals surface area contributed by atoms with Crippen molar-refractivity contribution in [1.29, 1.82) is 0 Å². The van der Waals surface area contributed by atoms with Crippen LogP contribution in [0.3, 0.4) is 0 Å². The number of anilines is 1. The second-order valence-electron chi connectivity index (χ2n) is 4.39. The highest BCUT2D eigenvalue weighted by Gasteiger charge is 2.15. The van der Waals surface area contributed by atoms with E-state index in [1.807, 2.05) is 0 Å². The van der Waals surface area contributed by atoms with Gasteiger partial charge in [0.25, 0.3) is 0 Å². The van der Waals surface area contributed by atoms with E-state index in [4.69, 9.17) is 11.5 Å². The SMILES string of the molecule is NC(=O)c1ccc(CS(=O)(=O)c2ccc(N)cc2)cc1. The topological polar surface area (TPSA) is 103 Å². The summed E-state index contributed by atoms with van der Waals surface area (Å²) in [5.74, 6) is -0.686. The third kappa shape index (κ3) is 3.16. The molecule has 0 heterocycles. The van der Waals surface area contributed by atoms with E-state index in [-0.39, 0.29) is 10.6 Å². The average Bonchev–Trinajstić information content (AvgIpc) is 2.39. The van der Waals surface area contributed by atoms with Gasteiger partial charge in [-0.1, -0.05) is 12.1 Å². The van der Waals surface area contributed by atoms with Crippen LogP contribution < -0.4 is 11.5 Å². The molecule has 5 nitrogen and oxygen atoms in total. The fourth-order valence-corrected chi connectivity index (χ4v) is 3.09. The lowest BCUT2D eigenvalue weighted by molar-refractivity contribution is 0.100. The minimum absolute atomic E-state index is 0.143. The number of rotatable bonds is 4. The van der Waals surface area contributed by atoms with Crippen molar-refractivity contribution in [1.82, 2.24) is 0 Å². The maximum absolute atomic E-state index is 12.2. The predicted octanol–water partition coefficient (Wildman–Crippen LogP) is 1.34. The molecular weight excluding hydrogens is 276 g/mol. The van der Waals surface area contributed by atoms with E-state index in [2.05, 4.69) is 0 Å². The van der Waals surface area contributed by atoms with Gasteiger partial charge in [0.1, 0.15) is 0 Å². The number of primary amides is 1. The van der Waals surface area contributed by atoms with Crippen molar-refractivity contribution >= 4 is 21.4 Å². The van der Waals surface area contributed by atoms with Crippen molar-refractivity contribution in [2.45, 2.75) is 10.6 Å². The number of carbonyl (C=O) groups excluding carboxylic acids is 1. The van der Waals surface area contributed by atoms with E-state index in [0.717, 1.165) is 0 Å². The van der Waals surface area contributed by atoms with Gasteiger partial charge in [-0.3, -0.25) is 4.79 Å². The lowest BCUT2D eigenvalue weighted by Gasteiger charge is -2.05. The Morgan fingerprint density at radius 1 is 0.950 bits per heavy atom. The second-order valence-corrected chi connectivity index (χ2v) is 6.38. The molecule has 0 radical (unpaired) electrons. The molecule has 0 aromatic heterocycles. The van der Waals surface area contributed by atoms with Crippen LogP contribution in [-0.4, -0.2) is 14.3 Å². The first-order valence-electron chi connectivity index (χ1n) is 5.85. The molecule has 4 N–H and O–H groups in total. The Balaban J connectivity index is 2.24. The van der Waals surface area contributed by atoms with Gasteiger partial charge in [-0.2, -0.15) is 0 Å². The fraction of sp³-hybridized carbons (Fsp3) is 0.0714. The van der Waals surface area contributed by atoms with E-state index >= 15 is 0 Å². The van der Waals surface area contributed by atoms with Crippen LogP contribution in [0.25, 0.3) is 0 Å². The Kier molecular flexibility index (Phi) is 3.76. The zero-order valence-electron chi connectivity index (χ0n) is 10.6. The summed E-state index contributed by atoms with van der Waals surface area (Å²) >= 11 is 0. The molecule has 0 spiro atoms. The first-order valence-corrected chi connectivity index (χ1v) is 7.51. The summed E-state index contributed by atoms with van der Waals surface area (Å²) in [7, 11) is -3.43. The molecule has 6 heteroatoms. The normalized spacial score (nSPS) is 11.2. The molecule has 0 aliphatic rings. The van der Waals surface area contributed by atoms with Crippen LogP contribution in [0.4, 0.5) is 5.69 Å². The molecule has 0 saturated carbocycles. The van der Waals surface area contributed by atoms with Crippen molar-refractivity contribution in [2.75, 3.05) is 5.73 Å². The van der Waals surface area contributed by atoms with Crippen molar-refractivity contribution in [3.05, 3.63) is 59.7 Å². The van der Waals surface area contributed by atoms with E-state index in [0.29, 0.717) is 16.8 Å². The van der Waals surface area contributed by atoms with Gasteiger partial charge in [0.15, 0.2) is 9.84 Å². The predicted molar refractivity (Wildman–Crippen MR) is 76.7 cm³/mol. The highest BCUT2D eigenvalue weighted by Crippen LogP contribution is 2.18. The lowest BCUT2D eigenvalue weighted by atomic mass is 10.1. The third-order valence-electron chi connectivity index (χ3n) is 2.83. The summed E-state index contributed by atoms with van der Waals surface area (Å²) in [6.07, 6.45) is 0. The van der Waals surface area contributed by atoms with Gasteiger partial charge in [-0.05, 0) is 42.0 Å². The Morgan fingerprint density at radius 3 is 2.00 bits per heavy atom. The molecule has 0 unspecified atom stereocenters. The van der Waals surface area contributed by atoms with Crippen LogP contribution in [0.1, 0.15) is 15.9 Å². The molecule has 0 aliphatic heterocycles. The molecular formula is C14H14N2O3S. The molecule has 104 valence electrons. The van der Waals surface area contributed by atoms with Crippen LogP contribution in [0.5, 0.6) is 0 Å². The summed E-state index contributed by atoms with van der Waals surface area (Å²) in [6.45, 7) is 0. The summed E-state index contributed by atoms with van der Waals surface area (Å²) in [6, 6.07) is 12.2. The van der Waals surface area contributed by atoms with Crippen molar-refractivity contribution in [2.24, 2.45) is 5.73 Å². The van der Waals surface area contributed by atoms with E-state index in [1.165, 1.54) is 24.3 Å². The van der Waals surface area contributed by atoms with Gasteiger partial charge in [0.05, 0.1) is 10.6 Å². The summed E-state index contributed by atoms with van der Waals surface area (Å²) in [4.78, 5) is 11.2. The van der Waals surface area contributed by atoms with Gasteiger partial charge in [0, 0.05) is 11.3 Å². The Morgan fingerprint density at radius 2 is 1.50 bits per heavy atom. The zero-order valence-corrected chi connectivity index (χ0v) is 11.4. The van der Waals surface area contributed by atoms with Gasteiger partial charge in [-0.25, -0.2) is 8.42 Å². The minimum Gasteiger partial charge on any atom is -0.399 e. The largest absolute Gasteiger partial charge is 0.399 e. The molecule has 0 aliphatic carbocycles. The van der Waals surface area contributed by atoms with E-state index in [1.54, 1.807) is 24.3 Å². The van der Waals surface area contributed by atoms with Crippen LogP contribution >= 0.6 is 0 Å². The minimum atomic E-state index is -3.43. The Hall–Kier alpha value is -2.34. The summed E-state index contributed by atoms with van der Waals surface area (Å²) < 4.78 is 24.4. The number of nitrogen functional groups attached to an aromatic ring is 1. The number of carbonyl (C=O) groups is 1. The number of hydrogen-bond acceptors (Lipinski definition) is 4. The van der Waals surface area contributed by atoms with Gasteiger partial charge in [0.2, 0.25) is 5.91 Å². The monoisotopic (exact) mass is 290 g/mol. The van der Waals surface area contributed by atoms with E-state index in [9.17, 15) is 13.2 Å². The van der Waals surface area contributed by atoms with Crippen molar-refractivity contribution in [3.8, 4) is 0 Å². The molecule has 0 bridgehead atoms. The molecule has 0 atom stereocenters. The molecule has 20 heavy (non-hydrogen) atoms. The van der Waals surface area contributed by atoms with Crippen LogP contribution in [-0.2, 0) is 15.6 Å². The molecule has 0 saturated heterocycles. The number of sulfone groups is 1. The molecule has 2 aromatic carbocycles. The summed E-state index contributed by atoms with van der Waals surface area (Å²) in [5.41, 5.74) is 12.1. The molecule has 2 rings (SSSR count). The van der Waals surface area contributed by atoms with E-state index < -0.39 is 15.7 Å². The van der Waals surface area contributed by atoms with Crippen LogP contribution in [0.15, 0.2) is 53.4 Å². The van der Waals surface area contributed by atoms with Gasteiger partial charge in [-0.15, -0.1) is 0 Å². The van der Waals surface area contributed by atoms with Crippen molar-refractivity contribution in [3.63, 3.8) is 0 Å². The van der Waals surface area contributed by atoms with Crippen LogP contribution in [0.2, 0.25) is 0 Å². The number of hydrogen-bond donors (Lipinski definition) is 2. The van der Waals surface area contributed by atoms with Crippen molar-refractivity contribution < 1.29 is 13.2 Å². The zero-order chi connectivity index (χ0) is 14.8. The molecule has 0 fully saturated rings. The smallest absolute Gasteiger partial charge is 0.248 e. The Bertz CT molecular complexity index is 720. The summed E-state index contributed by atoms with van der Waals surface area (Å²) in [5, 5.41) is 0. The van der Waals surface area contributed by atoms with Crippen LogP contribution in [0, 0.1) is 0 Å². The fourth-order valence-electron chi connectivity index (χ4n) is 1.74.